The molecule has 0 aromatic heterocycles. The molecule has 3 rings (SSSR count). The number of carbonyl (C=O) groups is 1. The summed E-state index contributed by atoms with van der Waals surface area (Å²) in [5.41, 5.74) is 2.86. The van der Waals surface area contributed by atoms with Crippen molar-refractivity contribution in [2.45, 2.75) is 6.92 Å². The van der Waals surface area contributed by atoms with E-state index in [2.05, 4.69) is 5.32 Å². The second-order valence-corrected chi connectivity index (χ2v) is 6.36. The molecule has 2 aromatic carbocycles. The first-order valence-electron chi connectivity index (χ1n) is 6.84. The van der Waals surface area contributed by atoms with Crippen molar-refractivity contribution < 1.29 is 4.79 Å². The van der Waals surface area contributed by atoms with Crippen LogP contribution in [0, 0.1) is 6.92 Å². The zero-order chi connectivity index (χ0) is 16.6. The molecule has 1 amide bonds. The van der Waals surface area contributed by atoms with E-state index in [1.54, 1.807) is 24.3 Å². The van der Waals surface area contributed by atoms with Crippen molar-refractivity contribution in [1.82, 2.24) is 5.32 Å². The Morgan fingerprint density at radius 1 is 1.17 bits per heavy atom. The molecule has 0 atom stereocenters. The van der Waals surface area contributed by atoms with Crippen LogP contribution in [-0.2, 0) is 4.79 Å². The number of amides is 1. The van der Waals surface area contributed by atoms with Crippen molar-refractivity contribution in [3.63, 3.8) is 0 Å². The van der Waals surface area contributed by atoms with E-state index in [0.717, 1.165) is 11.3 Å². The second kappa shape index (κ2) is 6.32. The lowest BCUT2D eigenvalue weighted by atomic mass is 10.2. The average molecular weight is 363 g/mol. The van der Waals surface area contributed by atoms with Gasteiger partial charge in [-0.25, -0.2) is 0 Å². The van der Waals surface area contributed by atoms with Crippen LogP contribution >= 0.6 is 35.4 Å². The molecule has 0 saturated carbocycles. The average Bonchev–Trinajstić information content (AvgIpc) is 2.76. The summed E-state index contributed by atoms with van der Waals surface area (Å²) in [4.78, 5) is 14.1. The predicted octanol–water partition coefficient (Wildman–Crippen LogP) is 4.56. The lowest BCUT2D eigenvalue weighted by molar-refractivity contribution is -0.113. The highest BCUT2D eigenvalue weighted by Gasteiger charge is 2.32. The van der Waals surface area contributed by atoms with Crippen LogP contribution in [0.25, 0.3) is 6.08 Å². The maximum Gasteiger partial charge on any atom is 0.281 e. The van der Waals surface area contributed by atoms with Crippen LogP contribution in [0.2, 0.25) is 10.0 Å². The first-order valence-corrected chi connectivity index (χ1v) is 8.01. The minimum Gasteiger partial charge on any atom is -0.327 e. The first kappa shape index (κ1) is 16.0. The molecule has 0 bridgehead atoms. The Labute approximate surface area is 149 Å². The molecule has 1 heterocycles. The molecule has 3 nitrogen and oxygen atoms in total. The molecular formula is C17H12Cl2N2OS. The van der Waals surface area contributed by atoms with Crippen LogP contribution in [0.5, 0.6) is 0 Å². The molecule has 1 fully saturated rings. The summed E-state index contributed by atoms with van der Waals surface area (Å²) in [6.45, 7) is 1.96. The van der Waals surface area contributed by atoms with Crippen LogP contribution < -0.4 is 10.2 Å². The number of hydrogen-bond acceptors (Lipinski definition) is 2. The fourth-order valence-electron chi connectivity index (χ4n) is 2.31. The van der Waals surface area contributed by atoms with E-state index in [0.29, 0.717) is 26.4 Å². The van der Waals surface area contributed by atoms with E-state index in [-0.39, 0.29) is 5.91 Å². The van der Waals surface area contributed by atoms with Gasteiger partial charge in [0.1, 0.15) is 5.70 Å². The minimum absolute atomic E-state index is 0.216. The van der Waals surface area contributed by atoms with Crippen molar-refractivity contribution in [2.24, 2.45) is 0 Å². The van der Waals surface area contributed by atoms with E-state index >= 15 is 0 Å². The standard InChI is InChI=1S/C17H12Cl2N2OS/c1-10-3-2-4-13(7-10)21-16(22)15(20-17(21)23)8-11-5-6-12(18)9-14(11)19/h2-9H,1H3,(H,20,23)/b15-8+. The van der Waals surface area contributed by atoms with Gasteiger partial charge in [0, 0.05) is 10.0 Å². The summed E-state index contributed by atoms with van der Waals surface area (Å²) in [6, 6.07) is 12.7. The van der Waals surface area contributed by atoms with Crippen LogP contribution in [0.1, 0.15) is 11.1 Å². The summed E-state index contributed by atoms with van der Waals surface area (Å²) < 4.78 is 0. The van der Waals surface area contributed by atoms with Gasteiger partial charge in [0.25, 0.3) is 5.91 Å². The number of carbonyl (C=O) groups excluding carboxylic acids is 1. The van der Waals surface area contributed by atoms with Gasteiger partial charge in [0.2, 0.25) is 0 Å². The Kier molecular flexibility index (Phi) is 4.39. The van der Waals surface area contributed by atoms with Gasteiger partial charge < -0.3 is 5.32 Å². The molecule has 6 heteroatoms. The SMILES string of the molecule is Cc1cccc(N2C(=O)/C(=C\c3ccc(Cl)cc3Cl)NC2=S)c1. The molecule has 23 heavy (non-hydrogen) atoms. The monoisotopic (exact) mass is 362 g/mol. The summed E-state index contributed by atoms with van der Waals surface area (Å²) >= 11 is 17.3. The van der Waals surface area contributed by atoms with Gasteiger partial charge >= 0.3 is 0 Å². The number of hydrogen-bond donors (Lipinski definition) is 1. The lowest BCUT2D eigenvalue weighted by Gasteiger charge is -2.14. The molecule has 1 aliphatic heterocycles. The quantitative estimate of drug-likeness (QED) is 0.627. The number of nitrogens with zero attached hydrogens (tertiary/aromatic N) is 1. The topological polar surface area (TPSA) is 32.3 Å². The van der Waals surface area contributed by atoms with E-state index in [4.69, 9.17) is 35.4 Å². The van der Waals surface area contributed by atoms with Gasteiger partial charge in [-0.1, -0.05) is 41.4 Å². The molecule has 0 aliphatic carbocycles. The molecule has 0 radical (unpaired) electrons. The van der Waals surface area contributed by atoms with E-state index in [9.17, 15) is 4.79 Å². The zero-order valence-corrected chi connectivity index (χ0v) is 14.5. The van der Waals surface area contributed by atoms with Crippen molar-refractivity contribution in [3.8, 4) is 0 Å². The second-order valence-electron chi connectivity index (χ2n) is 5.13. The molecule has 116 valence electrons. The van der Waals surface area contributed by atoms with Crippen LogP contribution in [0.4, 0.5) is 5.69 Å². The zero-order valence-electron chi connectivity index (χ0n) is 12.1. The molecular weight excluding hydrogens is 351 g/mol. The predicted molar refractivity (Wildman–Crippen MR) is 98.8 cm³/mol. The number of aryl methyl sites for hydroxylation is 1. The number of rotatable bonds is 2. The summed E-state index contributed by atoms with van der Waals surface area (Å²) in [7, 11) is 0. The highest BCUT2D eigenvalue weighted by atomic mass is 35.5. The highest BCUT2D eigenvalue weighted by Crippen LogP contribution is 2.26. The van der Waals surface area contributed by atoms with Crippen molar-refractivity contribution in [1.29, 1.82) is 0 Å². The van der Waals surface area contributed by atoms with Gasteiger partial charge in [-0.05, 0) is 60.6 Å². The highest BCUT2D eigenvalue weighted by molar-refractivity contribution is 7.80. The fraction of sp³-hybridized carbons (Fsp3) is 0.0588. The Balaban J connectivity index is 1.96. The van der Waals surface area contributed by atoms with E-state index in [1.807, 2.05) is 31.2 Å². The Hall–Kier alpha value is -1.88. The van der Waals surface area contributed by atoms with Crippen molar-refractivity contribution in [2.75, 3.05) is 4.90 Å². The molecule has 0 unspecified atom stereocenters. The minimum atomic E-state index is -0.216. The van der Waals surface area contributed by atoms with E-state index < -0.39 is 0 Å². The number of anilines is 1. The number of benzene rings is 2. The largest absolute Gasteiger partial charge is 0.327 e. The maximum atomic E-state index is 12.6. The van der Waals surface area contributed by atoms with Gasteiger partial charge in [-0.15, -0.1) is 0 Å². The van der Waals surface area contributed by atoms with Gasteiger partial charge in [-0.2, -0.15) is 0 Å². The fourth-order valence-corrected chi connectivity index (χ4v) is 3.07. The van der Waals surface area contributed by atoms with Crippen LogP contribution in [-0.4, -0.2) is 11.0 Å². The van der Waals surface area contributed by atoms with Crippen LogP contribution in [0.3, 0.4) is 0 Å². The Morgan fingerprint density at radius 3 is 2.65 bits per heavy atom. The van der Waals surface area contributed by atoms with Gasteiger partial charge in [-0.3, -0.25) is 9.69 Å². The lowest BCUT2D eigenvalue weighted by Crippen LogP contribution is -2.30. The number of halogens is 2. The number of thiocarbonyl (C=S) groups is 1. The van der Waals surface area contributed by atoms with Crippen LogP contribution in [0.15, 0.2) is 48.2 Å². The maximum absolute atomic E-state index is 12.6. The third kappa shape index (κ3) is 3.24. The molecule has 1 saturated heterocycles. The van der Waals surface area contributed by atoms with Crippen molar-refractivity contribution in [3.05, 3.63) is 69.3 Å². The first-order chi connectivity index (χ1) is 11.0. The van der Waals surface area contributed by atoms with Gasteiger partial charge in [0.05, 0.1) is 5.69 Å². The molecule has 0 spiro atoms. The molecule has 2 aromatic rings. The van der Waals surface area contributed by atoms with Crippen molar-refractivity contribution >= 4 is 58.2 Å². The summed E-state index contributed by atoms with van der Waals surface area (Å²) in [5, 5.41) is 4.30. The molecule has 1 N–H and O–H groups in total. The summed E-state index contributed by atoms with van der Waals surface area (Å²) in [5.74, 6) is -0.216. The Morgan fingerprint density at radius 2 is 1.96 bits per heavy atom. The van der Waals surface area contributed by atoms with Gasteiger partial charge in [0.15, 0.2) is 5.11 Å². The third-order valence-corrected chi connectivity index (χ3v) is 4.25. The normalized spacial score (nSPS) is 16.1. The third-order valence-electron chi connectivity index (χ3n) is 3.40. The molecule has 1 aliphatic rings. The number of nitrogens with one attached hydrogen (secondary N) is 1. The summed E-state index contributed by atoms with van der Waals surface area (Å²) in [6.07, 6.45) is 1.67. The Bertz CT molecular complexity index is 848. The smallest absolute Gasteiger partial charge is 0.281 e. The van der Waals surface area contributed by atoms with E-state index in [1.165, 1.54) is 4.90 Å².